The van der Waals surface area contributed by atoms with E-state index in [1.165, 1.54) is 0 Å². The Morgan fingerprint density at radius 1 is 1.19 bits per heavy atom. The van der Waals surface area contributed by atoms with Gasteiger partial charge < -0.3 is 14.8 Å². The molecule has 134 valence electrons. The molecule has 26 heavy (non-hydrogen) atoms. The number of likely N-dealkylation sites (tertiary alicyclic amines) is 1. The Labute approximate surface area is 156 Å². The third kappa shape index (κ3) is 3.77. The van der Waals surface area contributed by atoms with Gasteiger partial charge in [0.1, 0.15) is 5.82 Å². The lowest BCUT2D eigenvalue weighted by Crippen LogP contribution is -2.40. The lowest BCUT2D eigenvalue weighted by atomic mass is 9.96. The molecule has 1 aliphatic heterocycles. The Morgan fingerprint density at radius 2 is 2.00 bits per heavy atom. The van der Waals surface area contributed by atoms with Crippen molar-refractivity contribution in [1.82, 2.24) is 19.4 Å². The van der Waals surface area contributed by atoms with Crippen molar-refractivity contribution in [3.8, 4) is 0 Å². The highest BCUT2D eigenvalue weighted by atomic mass is 32.1. The molecule has 4 rings (SSSR count). The number of nitrogens with zero attached hydrogens (tertiary/aromatic N) is 4. The molecule has 3 heterocycles. The Hall–Kier alpha value is -2.67. The molecule has 1 aromatic carbocycles. The van der Waals surface area contributed by atoms with E-state index in [0.29, 0.717) is 5.92 Å². The summed E-state index contributed by atoms with van der Waals surface area (Å²) in [6.45, 7) is 2.24. The number of amides is 2. The summed E-state index contributed by atoms with van der Waals surface area (Å²) in [7, 11) is 0. The van der Waals surface area contributed by atoms with Crippen LogP contribution in [-0.2, 0) is 6.54 Å². The van der Waals surface area contributed by atoms with Gasteiger partial charge in [-0.25, -0.2) is 14.8 Å². The lowest BCUT2D eigenvalue weighted by molar-refractivity contribution is 0.193. The van der Waals surface area contributed by atoms with Crippen LogP contribution in [0.1, 0.15) is 30.3 Å². The number of imidazole rings is 1. The van der Waals surface area contributed by atoms with Crippen LogP contribution in [0.4, 0.5) is 10.5 Å². The van der Waals surface area contributed by atoms with Crippen molar-refractivity contribution in [3.05, 3.63) is 65.1 Å². The Balaban J connectivity index is 1.35. The number of rotatable bonds is 4. The number of hydrogen-bond acceptors (Lipinski definition) is 4. The van der Waals surface area contributed by atoms with E-state index in [0.717, 1.165) is 49.7 Å². The molecule has 0 radical (unpaired) electrons. The van der Waals surface area contributed by atoms with Gasteiger partial charge in [-0.1, -0.05) is 18.2 Å². The van der Waals surface area contributed by atoms with E-state index in [1.807, 2.05) is 53.1 Å². The number of hydrogen-bond donors (Lipinski definition) is 1. The number of piperidine rings is 1. The summed E-state index contributed by atoms with van der Waals surface area (Å²) in [5.41, 5.74) is 3.75. The van der Waals surface area contributed by atoms with Gasteiger partial charge in [0.15, 0.2) is 0 Å². The van der Waals surface area contributed by atoms with E-state index in [-0.39, 0.29) is 6.03 Å². The quantitative estimate of drug-likeness (QED) is 0.763. The van der Waals surface area contributed by atoms with Crippen molar-refractivity contribution in [3.63, 3.8) is 0 Å². The minimum Gasteiger partial charge on any atom is -0.329 e. The molecule has 1 saturated heterocycles. The molecule has 7 heteroatoms. The van der Waals surface area contributed by atoms with Crippen molar-refractivity contribution >= 4 is 23.1 Å². The Morgan fingerprint density at radius 3 is 2.73 bits per heavy atom. The number of anilines is 1. The van der Waals surface area contributed by atoms with Gasteiger partial charge >= 0.3 is 6.03 Å². The van der Waals surface area contributed by atoms with Gasteiger partial charge in [0.25, 0.3) is 0 Å². The fraction of sp³-hybridized carbons (Fsp3) is 0.316. The van der Waals surface area contributed by atoms with Crippen molar-refractivity contribution in [2.24, 2.45) is 0 Å². The second-order valence-electron chi connectivity index (χ2n) is 6.45. The van der Waals surface area contributed by atoms with Gasteiger partial charge in [0.2, 0.25) is 0 Å². The minimum absolute atomic E-state index is 0.0273. The average Bonchev–Trinajstić information content (AvgIpc) is 3.35. The highest BCUT2D eigenvalue weighted by molar-refractivity contribution is 7.07. The second-order valence-corrected chi connectivity index (χ2v) is 7.17. The molecule has 0 bridgehead atoms. The predicted molar refractivity (Wildman–Crippen MR) is 102 cm³/mol. The van der Waals surface area contributed by atoms with Gasteiger partial charge in [-0.2, -0.15) is 0 Å². The molecule has 0 aliphatic carbocycles. The van der Waals surface area contributed by atoms with E-state index in [4.69, 9.17) is 0 Å². The van der Waals surface area contributed by atoms with E-state index in [2.05, 4.69) is 25.2 Å². The smallest absolute Gasteiger partial charge is 0.321 e. The zero-order valence-corrected chi connectivity index (χ0v) is 15.2. The van der Waals surface area contributed by atoms with Crippen LogP contribution < -0.4 is 5.32 Å². The van der Waals surface area contributed by atoms with Crippen molar-refractivity contribution < 1.29 is 4.79 Å². The molecule has 1 fully saturated rings. The second kappa shape index (κ2) is 7.70. The van der Waals surface area contributed by atoms with Gasteiger partial charge in [-0.3, -0.25) is 0 Å². The first-order valence-electron chi connectivity index (χ1n) is 8.78. The monoisotopic (exact) mass is 367 g/mol. The van der Waals surface area contributed by atoms with Gasteiger partial charge in [0.05, 0.1) is 17.7 Å². The van der Waals surface area contributed by atoms with Crippen LogP contribution >= 0.6 is 11.3 Å². The zero-order valence-electron chi connectivity index (χ0n) is 14.4. The standard InChI is InChI=1S/C19H21N5OS/c25-19(22-16-4-2-1-3-5-16)23-9-6-15(7-10-23)18-20-8-11-24(18)12-17-13-26-14-21-17/h1-5,8,11,13-15H,6-7,9-10,12H2,(H,22,25). The molecule has 0 atom stereocenters. The summed E-state index contributed by atoms with van der Waals surface area (Å²) in [6, 6.07) is 9.56. The molecule has 3 aromatic rings. The van der Waals surface area contributed by atoms with Crippen LogP contribution in [0.2, 0.25) is 0 Å². The summed E-state index contributed by atoms with van der Waals surface area (Å²) in [4.78, 5) is 23.3. The fourth-order valence-corrected chi connectivity index (χ4v) is 3.92. The molecular weight excluding hydrogens is 346 g/mol. The molecule has 0 spiro atoms. The molecule has 2 amide bonds. The first-order chi connectivity index (χ1) is 12.8. The summed E-state index contributed by atoms with van der Waals surface area (Å²) >= 11 is 1.61. The maximum atomic E-state index is 12.4. The van der Waals surface area contributed by atoms with Crippen molar-refractivity contribution in [2.75, 3.05) is 18.4 Å². The zero-order chi connectivity index (χ0) is 17.8. The SMILES string of the molecule is O=C(Nc1ccccc1)N1CCC(c2nccn2Cc2cscn2)CC1. The number of thiazole rings is 1. The molecule has 0 saturated carbocycles. The van der Waals surface area contributed by atoms with Gasteiger partial charge in [0, 0.05) is 42.5 Å². The summed E-state index contributed by atoms with van der Waals surface area (Å²) in [5, 5.41) is 5.03. The number of urea groups is 1. The fourth-order valence-electron chi connectivity index (χ4n) is 3.37. The molecule has 2 aromatic heterocycles. The largest absolute Gasteiger partial charge is 0.329 e. The van der Waals surface area contributed by atoms with E-state index < -0.39 is 0 Å². The van der Waals surface area contributed by atoms with Gasteiger partial charge in [-0.15, -0.1) is 11.3 Å². The number of carbonyl (C=O) groups excluding carboxylic acids is 1. The maximum absolute atomic E-state index is 12.4. The highest BCUT2D eigenvalue weighted by Gasteiger charge is 2.26. The van der Waals surface area contributed by atoms with Gasteiger partial charge in [-0.05, 0) is 25.0 Å². The molecule has 1 aliphatic rings. The topological polar surface area (TPSA) is 63.1 Å². The third-order valence-electron chi connectivity index (χ3n) is 4.74. The minimum atomic E-state index is -0.0273. The Bertz CT molecular complexity index is 838. The number of carbonyl (C=O) groups is 1. The maximum Gasteiger partial charge on any atom is 0.321 e. The average molecular weight is 367 g/mol. The lowest BCUT2D eigenvalue weighted by Gasteiger charge is -2.32. The number of nitrogens with one attached hydrogen (secondary N) is 1. The van der Waals surface area contributed by atoms with E-state index in [9.17, 15) is 4.79 Å². The van der Waals surface area contributed by atoms with E-state index >= 15 is 0 Å². The van der Waals surface area contributed by atoms with Crippen LogP contribution in [0.5, 0.6) is 0 Å². The number of para-hydroxylation sites is 1. The summed E-state index contributed by atoms with van der Waals surface area (Å²) in [5.74, 6) is 1.48. The van der Waals surface area contributed by atoms with Crippen LogP contribution in [0.25, 0.3) is 0 Å². The van der Waals surface area contributed by atoms with Crippen LogP contribution in [-0.4, -0.2) is 38.6 Å². The summed E-state index contributed by atoms with van der Waals surface area (Å²) < 4.78 is 2.18. The van der Waals surface area contributed by atoms with Crippen molar-refractivity contribution in [1.29, 1.82) is 0 Å². The molecule has 0 unspecified atom stereocenters. The number of benzene rings is 1. The normalized spacial score (nSPS) is 15.2. The molecule has 6 nitrogen and oxygen atoms in total. The van der Waals surface area contributed by atoms with E-state index in [1.54, 1.807) is 11.3 Å². The first-order valence-corrected chi connectivity index (χ1v) is 9.73. The summed E-state index contributed by atoms with van der Waals surface area (Å²) in [6.07, 6.45) is 5.73. The predicted octanol–water partition coefficient (Wildman–Crippen LogP) is 3.80. The Kier molecular flexibility index (Phi) is 4.97. The molecular formula is C19H21N5OS. The van der Waals surface area contributed by atoms with Crippen molar-refractivity contribution in [2.45, 2.75) is 25.3 Å². The molecule has 1 N–H and O–H groups in total. The third-order valence-corrected chi connectivity index (χ3v) is 5.37. The number of aromatic nitrogens is 3. The first kappa shape index (κ1) is 16.8. The van der Waals surface area contributed by atoms with Crippen LogP contribution in [0.15, 0.2) is 53.6 Å². The van der Waals surface area contributed by atoms with Crippen LogP contribution in [0, 0.1) is 0 Å². The van der Waals surface area contributed by atoms with Crippen LogP contribution in [0.3, 0.4) is 0 Å². The highest BCUT2D eigenvalue weighted by Crippen LogP contribution is 2.27.